The summed E-state index contributed by atoms with van der Waals surface area (Å²) in [6.07, 6.45) is 7.74. The lowest BCUT2D eigenvalue weighted by molar-refractivity contribution is -0.117. The van der Waals surface area contributed by atoms with Gasteiger partial charge in [0.2, 0.25) is 5.91 Å². The van der Waals surface area contributed by atoms with Crippen LogP contribution in [0.4, 0.5) is 5.69 Å². The molecule has 3 N–H and O–H groups in total. The molecule has 4 aromatic rings. The third-order valence-electron chi connectivity index (χ3n) is 6.75. The van der Waals surface area contributed by atoms with Gasteiger partial charge in [0.05, 0.1) is 22.9 Å². The molecule has 38 heavy (non-hydrogen) atoms. The molecule has 3 aromatic heterocycles. The Morgan fingerprint density at radius 2 is 2.00 bits per heavy atom. The Labute approximate surface area is 225 Å². The van der Waals surface area contributed by atoms with Crippen LogP contribution in [0.25, 0.3) is 27.6 Å². The lowest BCUT2D eigenvalue weighted by atomic mass is 9.85. The molecule has 8 nitrogen and oxygen atoms in total. The van der Waals surface area contributed by atoms with Crippen molar-refractivity contribution < 1.29 is 4.79 Å². The molecular formula is C29H29N7OS. The van der Waals surface area contributed by atoms with Gasteiger partial charge in [-0.1, -0.05) is 26.8 Å². The number of nitrogens with one attached hydrogen (secondary N) is 3. The van der Waals surface area contributed by atoms with Crippen molar-refractivity contribution in [1.29, 1.82) is 0 Å². The minimum Gasteiger partial charge on any atom is -0.356 e. The van der Waals surface area contributed by atoms with Crippen LogP contribution in [0.3, 0.4) is 0 Å². The van der Waals surface area contributed by atoms with E-state index >= 15 is 0 Å². The first kappa shape index (κ1) is 24.2. The molecule has 1 aromatic carbocycles. The van der Waals surface area contributed by atoms with Gasteiger partial charge in [0.15, 0.2) is 5.84 Å². The predicted octanol–water partition coefficient (Wildman–Crippen LogP) is 5.66. The second-order valence-corrected chi connectivity index (χ2v) is 12.0. The Morgan fingerprint density at radius 3 is 2.79 bits per heavy atom. The number of carbonyl (C=O) groups is 1. The second-order valence-electron chi connectivity index (χ2n) is 11.2. The average molecular weight is 524 g/mol. The van der Waals surface area contributed by atoms with Crippen molar-refractivity contribution in [3.8, 4) is 11.1 Å². The fourth-order valence-corrected chi connectivity index (χ4v) is 5.63. The van der Waals surface area contributed by atoms with E-state index in [1.54, 1.807) is 23.7 Å². The van der Waals surface area contributed by atoms with E-state index < -0.39 is 5.54 Å². The van der Waals surface area contributed by atoms with E-state index in [0.717, 1.165) is 44.7 Å². The Morgan fingerprint density at radius 1 is 1.13 bits per heavy atom. The summed E-state index contributed by atoms with van der Waals surface area (Å²) in [7, 11) is 0. The fourth-order valence-electron chi connectivity index (χ4n) is 4.97. The van der Waals surface area contributed by atoms with Crippen molar-refractivity contribution in [2.45, 2.75) is 45.7 Å². The molecule has 2 unspecified atom stereocenters. The number of anilines is 1. The number of carbonyl (C=O) groups excluding carboxylic acids is 1. The lowest BCUT2D eigenvalue weighted by Crippen LogP contribution is -2.50. The number of amidine groups is 1. The maximum atomic E-state index is 12.5. The zero-order valence-electron chi connectivity index (χ0n) is 21.7. The van der Waals surface area contributed by atoms with E-state index in [2.05, 4.69) is 60.6 Å². The van der Waals surface area contributed by atoms with E-state index in [9.17, 15) is 4.79 Å². The molecule has 0 bridgehead atoms. The SMILES string of the molecule is CC(C)(C)CC(=O)Nc1cncc(-c2ccc3[nH]nc(C4=NC5C(c6ccsc6)=CN=CC5(C)N4)c3c2)c1. The fraction of sp³-hybridized carbons (Fsp3) is 0.276. The summed E-state index contributed by atoms with van der Waals surface area (Å²) in [6, 6.07) is 10.1. The van der Waals surface area contributed by atoms with E-state index in [1.165, 1.54) is 0 Å². The van der Waals surface area contributed by atoms with Crippen LogP contribution in [0.5, 0.6) is 0 Å². The normalized spacial score (nSPS) is 20.6. The number of rotatable bonds is 5. The number of pyridine rings is 1. The summed E-state index contributed by atoms with van der Waals surface area (Å²) in [5.41, 5.74) is 5.95. The molecule has 9 heteroatoms. The van der Waals surface area contributed by atoms with Gasteiger partial charge in [-0.15, -0.1) is 0 Å². The van der Waals surface area contributed by atoms with Gasteiger partial charge in [0.1, 0.15) is 11.7 Å². The van der Waals surface area contributed by atoms with Gasteiger partial charge in [0.25, 0.3) is 0 Å². The average Bonchev–Trinajstić information content (AvgIpc) is 3.60. The molecule has 0 saturated carbocycles. The molecular weight excluding hydrogens is 494 g/mol. The van der Waals surface area contributed by atoms with E-state index in [4.69, 9.17) is 4.99 Å². The highest BCUT2D eigenvalue weighted by molar-refractivity contribution is 7.08. The van der Waals surface area contributed by atoms with Crippen molar-refractivity contribution in [1.82, 2.24) is 20.5 Å². The third kappa shape index (κ3) is 4.54. The van der Waals surface area contributed by atoms with Gasteiger partial charge in [-0.2, -0.15) is 16.4 Å². The molecule has 0 radical (unpaired) electrons. The highest BCUT2D eigenvalue weighted by Crippen LogP contribution is 2.36. The molecule has 0 saturated heterocycles. The molecule has 2 aliphatic heterocycles. The van der Waals surface area contributed by atoms with Crippen LogP contribution < -0.4 is 10.6 Å². The first-order valence-corrected chi connectivity index (χ1v) is 13.5. The third-order valence-corrected chi connectivity index (χ3v) is 7.44. The smallest absolute Gasteiger partial charge is 0.224 e. The number of nitrogens with zero attached hydrogens (tertiary/aromatic N) is 4. The largest absolute Gasteiger partial charge is 0.356 e. The molecule has 1 amide bonds. The zero-order chi connectivity index (χ0) is 26.5. The molecule has 5 heterocycles. The molecule has 0 aliphatic carbocycles. The van der Waals surface area contributed by atoms with Crippen molar-refractivity contribution in [2.24, 2.45) is 15.4 Å². The summed E-state index contributed by atoms with van der Waals surface area (Å²) in [5.74, 6) is 0.709. The van der Waals surface area contributed by atoms with Crippen molar-refractivity contribution >= 4 is 51.5 Å². The number of aromatic nitrogens is 3. The predicted molar refractivity (Wildman–Crippen MR) is 155 cm³/mol. The monoisotopic (exact) mass is 523 g/mol. The van der Waals surface area contributed by atoms with Crippen LogP contribution in [-0.2, 0) is 4.79 Å². The number of amides is 1. The summed E-state index contributed by atoms with van der Waals surface area (Å²) >= 11 is 1.67. The van der Waals surface area contributed by atoms with Gasteiger partial charge in [-0.25, -0.2) is 0 Å². The van der Waals surface area contributed by atoms with Crippen LogP contribution in [0, 0.1) is 5.41 Å². The van der Waals surface area contributed by atoms with Gasteiger partial charge in [-0.05, 0) is 58.5 Å². The number of hydrogen-bond donors (Lipinski definition) is 3. The summed E-state index contributed by atoms with van der Waals surface area (Å²) in [4.78, 5) is 26.5. The lowest BCUT2D eigenvalue weighted by Gasteiger charge is -2.30. The second kappa shape index (κ2) is 9.02. The first-order valence-electron chi connectivity index (χ1n) is 12.6. The highest BCUT2D eigenvalue weighted by atomic mass is 32.1. The number of aromatic amines is 1. The Bertz CT molecular complexity index is 1620. The topological polar surface area (TPSA) is 107 Å². The Hall–Kier alpha value is -4.11. The number of H-pyrrole nitrogens is 1. The van der Waals surface area contributed by atoms with Crippen LogP contribution >= 0.6 is 11.3 Å². The quantitative estimate of drug-likeness (QED) is 0.314. The molecule has 6 rings (SSSR count). The summed E-state index contributed by atoms with van der Waals surface area (Å²) < 4.78 is 0. The van der Waals surface area contributed by atoms with Crippen LogP contribution in [0.1, 0.15) is 45.4 Å². The maximum absolute atomic E-state index is 12.5. The minimum absolute atomic E-state index is 0.0243. The van der Waals surface area contributed by atoms with Gasteiger partial charge < -0.3 is 10.6 Å². The van der Waals surface area contributed by atoms with E-state index in [1.807, 2.05) is 51.4 Å². The maximum Gasteiger partial charge on any atom is 0.224 e. The van der Waals surface area contributed by atoms with Crippen LogP contribution in [-0.4, -0.2) is 44.7 Å². The van der Waals surface area contributed by atoms with Gasteiger partial charge in [0, 0.05) is 41.6 Å². The Kier molecular flexibility index (Phi) is 5.75. The van der Waals surface area contributed by atoms with E-state index in [0.29, 0.717) is 12.1 Å². The zero-order valence-corrected chi connectivity index (χ0v) is 22.6. The number of aliphatic imine (C=N–C) groups is 2. The molecule has 2 aliphatic rings. The minimum atomic E-state index is -0.437. The van der Waals surface area contributed by atoms with Crippen molar-refractivity contribution in [3.05, 3.63) is 70.9 Å². The highest BCUT2D eigenvalue weighted by Gasteiger charge is 2.44. The Balaban J connectivity index is 1.32. The number of benzene rings is 1. The van der Waals surface area contributed by atoms with Gasteiger partial charge >= 0.3 is 0 Å². The molecule has 2 atom stereocenters. The number of fused-ring (bicyclic) bond motifs is 2. The number of thiophene rings is 1. The van der Waals surface area contributed by atoms with E-state index in [-0.39, 0.29) is 17.4 Å². The summed E-state index contributed by atoms with van der Waals surface area (Å²) in [6.45, 7) is 8.25. The van der Waals surface area contributed by atoms with Crippen molar-refractivity contribution in [3.63, 3.8) is 0 Å². The van der Waals surface area contributed by atoms with Crippen LogP contribution in [0.2, 0.25) is 0 Å². The standard InChI is InChI=1S/C29H29N7OS/c1-28(2,3)11-24(37)32-20-9-19(12-30-13-20)17-5-6-23-21(10-17)25(36-35-23)27-33-26-22(18-7-8-38-15-18)14-31-16-29(26,4)34-27/h5-10,12-16,26H,11H2,1-4H3,(H,32,37)(H,33,34)(H,35,36). The summed E-state index contributed by atoms with van der Waals surface area (Å²) in [5, 5.41) is 19.5. The molecule has 0 fully saturated rings. The number of hydrogen-bond acceptors (Lipinski definition) is 7. The van der Waals surface area contributed by atoms with Crippen molar-refractivity contribution in [2.75, 3.05) is 5.32 Å². The first-order chi connectivity index (χ1) is 18.2. The van der Waals surface area contributed by atoms with Crippen LogP contribution in [0.15, 0.2) is 69.7 Å². The van der Waals surface area contributed by atoms with Gasteiger partial charge in [-0.3, -0.25) is 24.9 Å². The molecule has 0 spiro atoms. The molecule has 192 valence electrons.